The molecule has 0 aliphatic rings. The molecular weight excluding hydrogens is 382 g/mol. The van der Waals surface area contributed by atoms with E-state index >= 15 is 0 Å². The van der Waals surface area contributed by atoms with Crippen molar-refractivity contribution < 1.29 is 19.1 Å². The van der Waals surface area contributed by atoms with Crippen molar-refractivity contribution in [1.29, 1.82) is 0 Å². The third-order valence-corrected chi connectivity index (χ3v) is 4.57. The molecule has 1 aromatic heterocycles. The molecule has 0 radical (unpaired) electrons. The number of hydrogen-bond donors (Lipinski definition) is 2. The van der Waals surface area contributed by atoms with Crippen LogP contribution in [0.3, 0.4) is 0 Å². The van der Waals surface area contributed by atoms with E-state index in [1.807, 2.05) is 38.1 Å². The van der Waals surface area contributed by atoms with Gasteiger partial charge in [-0.1, -0.05) is 31.2 Å². The molecule has 3 rings (SSSR count). The minimum absolute atomic E-state index is 0.210. The van der Waals surface area contributed by atoms with Crippen LogP contribution in [0.2, 0.25) is 0 Å². The highest BCUT2D eigenvalue weighted by atomic mass is 16.5. The van der Waals surface area contributed by atoms with E-state index in [4.69, 9.17) is 4.74 Å². The van der Waals surface area contributed by atoms with Crippen molar-refractivity contribution in [2.24, 2.45) is 0 Å². The summed E-state index contributed by atoms with van der Waals surface area (Å²) in [6.07, 6.45) is 0.568. The molecule has 3 aromatic rings. The monoisotopic (exact) mass is 405 g/mol. The summed E-state index contributed by atoms with van der Waals surface area (Å²) >= 11 is 0. The molecule has 0 unspecified atom stereocenters. The molecule has 0 saturated carbocycles. The fourth-order valence-corrected chi connectivity index (χ4v) is 3.25. The number of fused-ring (bicyclic) bond motifs is 1. The fraction of sp³-hybridized carbons (Fsp3) is 0.217. The van der Waals surface area contributed by atoms with Crippen molar-refractivity contribution in [2.75, 3.05) is 17.2 Å². The number of anilines is 2. The Kier molecular flexibility index (Phi) is 6.41. The number of rotatable bonds is 6. The molecule has 7 heteroatoms. The zero-order valence-electron chi connectivity index (χ0n) is 17.1. The molecule has 0 saturated heterocycles. The molecule has 30 heavy (non-hydrogen) atoms. The molecule has 1 heterocycles. The van der Waals surface area contributed by atoms with Gasteiger partial charge >= 0.3 is 5.97 Å². The number of aromatic nitrogens is 1. The molecule has 2 aromatic carbocycles. The Bertz CT molecular complexity index is 1120. The normalized spacial score (nSPS) is 10.5. The maximum atomic E-state index is 12.7. The van der Waals surface area contributed by atoms with Gasteiger partial charge in [0.05, 0.1) is 16.8 Å². The van der Waals surface area contributed by atoms with E-state index in [2.05, 4.69) is 15.6 Å². The first kappa shape index (κ1) is 21.0. The first-order valence-corrected chi connectivity index (χ1v) is 9.62. The number of esters is 1. The number of aryl methyl sites for hydroxylation is 2. The summed E-state index contributed by atoms with van der Waals surface area (Å²) in [6.45, 7) is 4.74. The van der Waals surface area contributed by atoms with Crippen molar-refractivity contribution in [3.8, 4) is 0 Å². The smallest absolute Gasteiger partial charge is 0.340 e. The molecule has 0 fully saturated rings. The minimum atomic E-state index is -0.579. The van der Waals surface area contributed by atoms with Crippen LogP contribution in [0.25, 0.3) is 10.9 Å². The lowest BCUT2D eigenvalue weighted by atomic mass is 10.0. The summed E-state index contributed by atoms with van der Waals surface area (Å²) in [5.74, 6) is -1.27. The standard InChI is InChI=1S/C23H23N3O4/c1-4-19-22(14(2)18-10-5-6-11-20(18)26-19)23(29)30-13-21(28)25-17-9-7-8-16(12-17)24-15(3)27/h5-12H,4,13H2,1-3H3,(H,24,27)(H,25,28). The Balaban J connectivity index is 1.70. The maximum absolute atomic E-state index is 12.7. The van der Waals surface area contributed by atoms with E-state index in [9.17, 15) is 14.4 Å². The molecule has 2 amide bonds. The van der Waals surface area contributed by atoms with Gasteiger partial charge < -0.3 is 15.4 Å². The third kappa shape index (κ3) is 4.81. The summed E-state index contributed by atoms with van der Waals surface area (Å²) in [5, 5.41) is 6.17. The largest absolute Gasteiger partial charge is 0.452 e. The second-order valence-corrected chi connectivity index (χ2v) is 6.82. The number of benzene rings is 2. The van der Waals surface area contributed by atoms with Gasteiger partial charge in [-0.2, -0.15) is 0 Å². The lowest BCUT2D eigenvalue weighted by molar-refractivity contribution is -0.119. The van der Waals surface area contributed by atoms with Crippen molar-refractivity contribution >= 4 is 40.1 Å². The maximum Gasteiger partial charge on any atom is 0.340 e. The minimum Gasteiger partial charge on any atom is -0.452 e. The number of amides is 2. The quantitative estimate of drug-likeness (QED) is 0.607. The van der Waals surface area contributed by atoms with Crippen LogP contribution >= 0.6 is 0 Å². The number of hydrogen-bond acceptors (Lipinski definition) is 5. The highest BCUT2D eigenvalue weighted by molar-refractivity contribution is 6.00. The number of nitrogens with zero attached hydrogens (tertiary/aromatic N) is 1. The SMILES string of the molecule is CCc1nc2ccccc2c(C)c1C(=O)OCC(=O)Nc1cccc(NC(C)=O)c1. The topological polar surface area (TPSA) is 97.4 Å². The van der Waals surface area contributed by atoms with Crippen molar-refractivity contribution in [3.63, 3.8) is 0 Å². The van der Waals surface area contributed by atoms with Gasteiger partial charge in [-0.3, -0.25) is 14.6 Å². The van der Waals surface area contributed by atoms with Gasteiger partial charge in [0.25, 0.3) is 5.91 Å². The number of carbonyl (C=O) groups is 3. The molecule has 7 nitrogen and oxygen atoms in total. The Hall–Kier alpha value is -3.74. The average molecular weight is 405 g/mol. The second-order valence-electron chi connectivity index (χ2n) is 6.82. The van der Waals surface area contributed by atoms with Crippen LogP contribution < -0.4 is 10.6 Å². The summed E-state index contributed by atoms with van der Waals surface area (Å²) in [5.41, 5.74) is 3.69. The van der Waals surface area contributed by atoms with E-state index in [0.717, 1.165) is 16.5 Å². The van der Waals surface area contributed by atoms with Crippen molar-refractivity contribution in [1.82, 2.24) is 4.98 Å². The average Bonchev–Trinajstić information content (AvgIpc) is 2.71. The molecule has 0 bridgehead atoms. The molecule has 0 spiro atoms. The van der Waals surface area contributed by atoms with E-state index in [1.165, 1.54) is 6.92 Å². The van der Waals surface area contributed by atoms with Crippen molar-refractivity contribution in [3.05, 3.63) is 65.4 Å². The summed E-state index contributed by atoms with van der Waals surface area (Å²) in [4.78, 5) is 40.7. The van der Waals surface area contributed by atoms with Gasteiger partial charge in [0.15, 0.2) is 6.61 Å². The van der Waals surface area contributed by atoms with Crippen LogP contribution in [0, 0.1) is 6.92 Å². The van der Waals surface area contributed by atoms with Gasteiger partial charge in [-0.05, 0) is 43.2 Å². The van der Waals surface area contributed by atoms with Gasteiger partial charge in [0.2, 0.25) is 5.91 Å². The highest BCUT2D eigenvalue weighted by Gasteiger charge is 2.20. The van der Waals surface area contributed by atoms with Gasteiger partial charge in [0, 0.05) is 23.7 Å². The van der Waals surface area contributed by atoms with Crippen LogP contribution in [0.4, 0.5) is 11.4 Å². The van der Waals surface area contributed by atoms with E-state index in [-0.39, 0.29) is 5.91 Å². The zero-order chi connectivity index (χ0) is 21.7. The van der Waals surface area contributed by atoms with Crippen LogP contribution in [-0.4, -0.2) is 29.4 Å². The highest BCUT2D eigenvalue weighted by Crippen LogP contribution is 2.24. The Labute approximate surface area is 174 Å². The predicted octanol–water partition coefficient (Wildman–Crippen LogP) is 3.86. The van der Waals surface area contributed by atoms with Crippen LogP contribution in [-0.2, 0) is 20.7 Å². The molecule has 154 valence electrons. The van der Waals surface area contributed by atoms with Gasteiger partial charge in [-0.25, -0.2) is 4.79 Å². The molecule has 0 aliphatic carbocycles. The lowest BCUT2D eigenvalue weighted by Gasteiger charge is -2.13. The van der Waals surface area contributed by atoms with E-state index in [1.54, 1.807) is 24.3 Å². The number of pyridine rings is 1. The fourth-order valence-electron chi connectivity index (χ4n) is 3.25. The van der Waals surface area contributed by atoms with E-state index < -0.39 is 18.5 Å². The van der Waals surface area contributed by atoms with E-state index in [0.29, 0.717) is 29.1 Å². The van der Waals surface area contributed by atoms with Gasteiger partial charge in [0.1, 0.15) is 0 Å². The molecule has 0 aliphatic heterocycles. The molecule has 2 N–H and O–H groups in total. The molecular formula is C23H23N3O4. The van der Waals surface area contributed by atoms with Crippen molar-refractivity contribution in [2.45, 2.75) is 27.2 Å². The van der Waals surface area contributed by atoms with Gasteiger partial charge in [-0.15, -0.1) is 0 Å². The Morgan fingerprint density at radius 2 is 1.70 bits per heavy atom. The summed E-state index contributed by atoms with van der Waals surface area (Å²) in [7, 11) is 0. The summed E-state index contributed by atoms with van der Waals surface area (Å²) in [6, 6.07) is 14.3. The Morgan fingerprint density at radius 1 is 1.00 bits per heavy atom. The van der Waals surface area contributed by atoms with Crippen LogP contribution in [0.1, 0.15) is 35.5 Å². The molecule has 0 atom stereocenters. The summed E-state index contributed by atoms with van der Waals surface area (Å²) < 4.78 is 5.27. The third-order valence-electron chi connectivity index (χ3n) is 4.57. The Morgan fingerprint density at radius 3 is 2.40 bits per heavy atom. The number of ether oxygens (including phenoxy) is 1. The predicted molar refractivity (Wildman–Crippen MR) is 116 cm³/mol. The lowest BCUT2D eigenvalue weighted by Crippen LogP contribution is -2.22. The first-order chi connectivity index (χ1) is 14.4. The van der Waals surface area contributed by atoms with Crippen LogP contribution in [0.15, 0.2) is 48.5 Å². The number of nitrogens with one attached hydrogen (secondary N) is 2. The number of carbonyl (C=O) groups excluding carboxylic acids is 3. The number of para-hydroxylation sites is 1. The second kappa shape index (κ2) is 9.17. The first-order valence-electron chi connectivity index (χ1n) is 9.62. The zero-order valence-corrected chi connectivity index (χ0v) is 17.1. The van der Waals surface area contributed by atoms with Crippen LogP contribution in [0.5, 0.6) is 0 Å².